The largest absolute Gasteiger partial charge is 0.503 e. The Morgan fingerprint density at radius 1 is 1.11 bits per heavy atom. The van der Waals surface area contributed by atoms with E-state index < -0.39 is 23.5 Å². The zero-order valence-electron chi connectivity index (χ0n) is 19.7. The first-order valence-electron chi connectivity index (χ1n) is 11.8. The highest BCUT2D eigenvalue weighted by Gasteiger charge is 2.46. The predicted molar refractivity (Wildman–Crippen MR) is 144 cm³/mol. The summed E-state index contributed by atoms with van der Waals surface area (Å²) >= 11 is 3.43. The minimum atomic E-state index is -0.881. The number of carbonyl (C=O) groups is 2. The maximum Gasteiger partial charge on any atom is 0.294 e. The first kappa shape index (κ1) is 23.1. The molecule has 1 unspecified atom stereocenters. The molecule has 2 N–H and O–H groups in total. The van der Waals surface area contributed by atoms with E-state index in [9.17, 15) is 14.7 Å². The number of aromatic nitrogens is 1. The number of ether oxygens (including phenoxy) is 1. The van der Waals surface area contributed by atoms with E-state index >= 15 is 0 Å². The fourth-order valence-corrected chi connectivity index (χ4v) is 5.23. The van der Waals surface area contributed by atoms with Crippen LogP contribution >= 0.6 is 15.9 Å². The molecule has 6 rings (SSSR count). The molecule has 1 amide bonds. The first-order chi connectivity index (χ1) is 18.0. The van der Waals surface area contributed by atoms with Gasteiger partial charge >= 0.3 is 0 Å². The van der Waals surface area contributed by atoms with Crippen LogP contribution in [0.5, 0.6) is 5.75 Å². The van der Waals surface area contributed by atoms with Crippen LogP contribution in [0.1, 0.15) is 29.1 Å². The smallest absolute Gasteiger partial charge is 0.294 e. The molecule has 0 radical (unpaired) electrons. The number of benzene rings is 3. The molecule has 3 heterocycles. The lowest BCUT2D eigenvalue weighted by Crippen LogP contribution is -2.30. The molecule has 1 atom stereocenters. The van der Waals surface area contributed by atoms with Crippen LogP contribution < -0.4 is 9.64 Å². The summed E-state index contributed by atoms with van der Waals surface area (Å²) in [5, 5.41) is 12.7. The van der Waals surface area contributed by atoms with Gasteiger partial charge in [-0.05, 0) is 61.5 Å². The molecular formula is C29H21BrN2O5. The molecule has 5 aromatic rings. The Labute approximate surface area is 220 Å². The highest BCUT2D eigenvalue weighted by Crippen LogP contribution is 2.44. The Balaban J connectivity index is 1.51. The predicted octanol–water partition coefficient (Wildman–Crippen LogP) is 6.86. The summed E-state index contributed by atoms with van der Waals surface area (Å²) in [6.45, 7) is 2.40. The minimum Gasteiger partial charge on any atom is -0.503 e. The highest BCUT2D eigenvalue weighted by molar-refractivity contribution is 9.10. The number of amides is 1. The number of nitrogens with one attached hydrogen (secondary N) is 1. The van der Waals surface area contributed by atoms with Crippen LogP contribution in [0, 0.1) is 0 Å². The number of Topliss-reactive ketones (excluding diaryl/α,β-unsaturated/α-hetero) is 1. The van der Waals surface area contributed by atoms with Crippen molar-refractivity contribution in [2.75, 3.05) is 11.5 Å². The lowest BCUT2D eigenvalue weighted by atomic mass is 9.94. The van der Waals surface area contributed by atoms with Crippen molar-refractivity contribution in [1.82, 2.24) is 4.98 Å². The van der Waals surface area contributed by atoms with E-state index in [4.69, 9.17) is 9.15 Å². The molecule has 0 saturated heterocycles. The van der Waals surface area contributed by atoms with Crippen LogP contribution in [0.15, 0.2) is 99.2 Å². The number of nitrogens with zero attached hydrogens (tertiary/aromatic N) is 1. The number of carbonyl (C=O) groups excluding carboxylic acids is 2. The monoisotopic (exact) mass is 556 g/mol. The first-order valence-corrected chi connectivity index (χ1v) is 12.5. The number of aliphatic hydroxyl groups is 1. The van der Waals surface area contributed by atoms with Crippen LogP contribution in [-0.2, 0) is 4.79 Å². The van der Waals surface area contributed by atoms with E-state index in [1.54, 1.807) is 42.6 Å². The number of hydrogen-bond donors (Lipinski definition) is 2. The summed E-state index contributed by atoms with van der Waals surface area (Å²) in [5.41, 5.74) is 2.55. The summed E-state index contributed by atoms with van der Waals surface area (Å²) in [4.78, 5) is 32.0. The van der Waals surface area contributed by atoms with Crippen LogP contribution in [-0.4, -0.2) is 28.4 Å². The number of H-pyrrole nitrogens is 1. The SMILES string of the molecule is CCOc1ccc(N2C(=O)C(O)=C(C(=O)c3cc4cc(Br)ccc4o3)C2c2c[nH]c3ccccc23)cc1. The van der Waals surface area contributed by atoms with Gasteiger partial charge in [0.25, 0.3) is 5.91 Å². The number of halogens is 1. The Kier molecular flexibility index (Phi) is 5.61. The molecule has 8 heteroatoms. The Bertz CT molecular complexity index is 1710. The minimum absolute atomic E-state index is 0.0400. The van der Waals surface area contributed by atoms with Crippen LogP contribution in [0.4, 0.5) is 5.69 Å². The maximum atomic E-state index is 13.9. The van der Waals surface area contributed by atoms with Gasteiger partial charge in [-0.2, -0.15) is 0 Å². The lowest BCUT2D eigenvalue weighted by molar-refractivity contribution is -0.117. The van der Waals surface area contributed by atoms with Gasteiger partial charge in [0, 0.05) is 38.2 Å². The molecule has 3 aromatic carbocycles. The van der Waals surface area contributed by atoms with Gasteiger partial charge in [-0.15, -0.1) is 0 Å². The third-order valence-corrected chi connectivity index (χ3v) is 6.99. The summed E-state index contributed by atoms with van der Waals surface area (Å²) < 4.78 is 12.2. The van der Waals surface area contributed by atoms with Crippen LogP contribution in [0.3, 0.4) is 0 Å². The molecule has 1 aliphatic rings. The average molecular weight is 557 g/mol. The molecule has 2 aromatic heterocycles. The molecule has 0 saturated carbocycles. The van der Waals surface area contributed by atoms with Crippen molar-refractivity contribution in [3.63, 3.8) is 0 Å². The zero-order chi connectivity index (χ0) is 25.7. The quantitative estimate of drug-likeness (QED) is 0.223. The second-order valence-corrected chi connectivity index (χ2v) is 9.59. The molecule has 37 heavy (non-hydrogen) atoms. The molecule has 0 fully saturated rings. The number of rotatable bonds is 6. The number of para-hydroxylation sites is 1. The van der Waals surface area contributed by atoms with Gasteiger partial charge < -0.3 is 19.2 Å². The topological polar surface area (TPSA) is 95.8 Å². The van der Waals surface area contributed by atoms with Crippen molar-refractivity contribution in [2.24, 2.45) is 0 Å². The van der Waals surface area contributed by atoms with Crippen molar-refractivity contribution in [1.29, 1.82) is 0 Å². The second kappa shape index (κ2) is 8.97. The number of aromatic amines is 1. The average Bonchev–Trinajstić information content (AvgIpc) is 3.59. The van der Waals surface area contributed by atoms with E-state index in [0.29, 0.717) is 29.2 Å². The lowest BCUT2D eigenvalue weighted by Gasteiger charge is -2.26. The van der Waals surface area contributed by atoms with Gasteiger partial charge in [0.15, 0.2) is 11.5 Å². The normalized spacial score (nSPS) is 15.8. The number of hydrogen-bond acceptors (Lipinski definition) is 5. The van der Waals surface area contributed by atoms with E-state index in [2.05, 4.69) is 20.9 Å². The number of anilines is 1. The molecule has 0 spiro atoms. The third-order valence-electron chi connectivity index (χ3n) is 6.50. The molecule has 7 nitrogen and oxygen atoms in total. The molecule has 0 bridgehead atoms. The van der Waals surface area contributed by atoms with Crippen molar-refractivity contribution in [3.05, 3.63) is 106 Å². The fraction of sp³-hybridized carbons (Fsp3) is 0.103. The van der Waals surface area contributed by atoms with E-state index in [0.717, 1.165) is 20.8 Å². The Morgan fingerprint density at radius 2 is 1.89 bits per heavy atom. The van der Waals surface area contributed by atoms with Crippen LogP contribution in [0.2, 0.25) is 0 Å². The van der Waals surface area contributed by atoms with Gasteiger partial charge in [-0.25, -0.2) is 0 Å². The van der Waals surface area contributed by atoms with Gasteiger partial charge in [0.05, 0.1) is 18.2 Å². The number of aliphatic hydroxyl groups excluding tert-OH is 1. The highest BCUT2D eigenvalue weighted by atomic mass is 79.9. The van der Waals surface area contributed by atoms with E-state index in [1.807, 2.05) is 43.3 Å². The van der Waals surface area contributed by atoms with E-state index in [-0.39, 0.29) is 11.3 Å². The maximum absolute atomic E-state index is 13.9. The number of fused-ring (bicyclic) bond motifs is 2. The van der Waals surface area contributed by atoms with Crippen molar-refractivity contribution in [3.8, 4) is 5.75 Å². The van der Waals surface area contributed by atoms with Crippen molar-refractivity contribution >= 4 is 55.2 Å². The molecular weight excluding hydrogens is 536 g/mol. The molecule has 1 aliphatic heterocycles. The summed E-state index contributed by atoms with van der Waals surface area (Å²) in [7, 11) is 0. The van der Waals surface area contributed by atoms with Gasteiger partial charge in [0.1, 0.15) is 11.3 Å². The van der Waals surface area contributed by atoms with E-state index in [1.165, 1.54) is 4.90 Å². The molecule has 0 aliphatic carbocycles. The Hall–Kier alpha value is -4.30. The van der Waals surface area contributed by atoms with Gasteiger partial charge in [0.2, 0.25) is 5.78 Å². The fourth-order valence-electron chi connectivity index (χ4n) is 4.85. The zero-order valence-corrected chi connectivity index (χ0v) is 21.3. The number of ketones is 1. The number of furan rings is 1. The summed E-state index contributed by atoms with van der Waals surface area (Å²) in [6, 6.07) is 20.8. The standard InChI is InChI=1S/C29H21BrN2O5/c1-2-36-19-10-8-18(9-11-19)32-26(21-15-31-22-6-4-3-5-20(21)22)25(28(34)29(32)35)27(33)24-14-16-13-17(30)7-12-23(16)37-24/h3-15,26,31,34H,2H2,1H3. The van der Waals surface area contributed by atoms with Crippen molar-refractivity contribution < 1.29 is 23.8 Å². The Morgan fingerprint density at radius 3 is 2.68 bits per heavy atom. The van der Waals surface area contributed by atoms with Crippen molar-refractivity contribution in [2.45, 2.75) is 13.0 Å². The second-order valence-electron chi connectivity index (χ2n) is 8.68. The molecule has 184 valence electrons. The third kappa shape index (κ3) is 3.81. The van der Waals surface area contributed by atoms with Crippen LogP contribution in [0.25, 0.3) is 21.9 Å². The summed E-state index contributed by atoms with van der Waals surface area (Å²) in [6.07, 6.45) is 1.77. The van der Waals surface area contributed by atoms with Gasteiger partial charge in [-0.1, -0.05) is 34.1 Å². The summed E-state index contributed by atoms with van der Waals surface area (Å²) in [5.74, 6) is -1.12. The van der Waals surface area contributed by atoms with Gasteiger partial charge in [-0.3, -0.25) is 14.5 Å².